The fraction of sp³-hybridized carbons (Fsp3) is 0.190. The number of benzene rings is 1. The molecule has 0 aliphatic heterocycles. The van der Waals surface area contributed by atoms with Gasteiger partial charge in [0.15, 0.2) is 5.82 Å². The van der Waals surface area contributed by atoms with Crippen LogP contribution in [-0.4, -0.2) is 25.4 Å². The summed E-state index contributed by atoms with van der Waals surface area (Å²) < 4.78 is 0. The summed E-state index contributed by atoms with van der Waals surface area (Å²) in [5.41, 5.74) is 10.5. The molecule has 0 aliphatic carbocycles. The van der Waals surface area contributed by atoms with E-state index in [-0.39, 0.29) is 5.41 Å². The first-order chi connectivity index (χ1) is 13.4. The SMILES string of the molecule is CC(C)(C)C#Cc1cc(-c2ccnc(Nc3cn[nH]c3)c2)cc2c(N)n[nH]c12. The molecule has 0 saturated heterocycles. The summed E-state index contributed by atoms with van der Waals surface area (Å²) in [6.45, 7) is 6.25. The number of aromatic nitrogens is 5. The normalized spacial score (nSPS) is 11.2. The number of hydrogen-bond donors (Lipinski definition) is 4. The first-order valence-corrected chi connectivity index (χ1v) is 8.92. The number of fused-ring (bicyclic) bond motifs is 1. The predicted molar refractivity (Wildman–Crippen MR) is 112 cm³/mol. The largest absolute Gasteiger partial charge is 0.382 e. The van der Waals surface area contributed by atoms with Crippen molar-refractivity contribution >= 4 is 28.2 Å². The number of pyridine rings is 1. The van der Waals surface area contributed by atoms with Gasteiger partial charge >= 0.3 is 0 Å². The highest BCUT2D eigenvalue weighted by Gasteiger charge is 2.12. The van der Waals surface area contributed by atoms with Gasteiger partial charge in [0.05, 0.1) is 23.0 Å². The van der Waals surface area contributed by atoms with E-state index in [9.17, 15) is 0 Å². The van der Waals surface area contributed by atoms with E-state index >= 15 is 0 Å². The Kier molecular flexibility index (Phi) is 4.24. The van der Waals surface area contributed by atoms with Crippen LogP contribution < -0.4 is 11.1 Å². The summed E-state index contributed by atoms with van der Waals surface area (Å²) in [4.78, 5) is 4.38. The molecule has 7 nitrogen and oxygen atoms in total. The van der Waals surface area contributed by atoms with Crippen LogP contribution in [0.1, 0.15) is 26.3 Å². The molecule has 0 amide bonds. The van der Waals surface area contributed by atoms with Gasteiger partial charge in [-0.2, -0.15) is 10.2 Å². The van der Waals surface area contributed by atoms with E-state index in [0.29, 0.717) is 5.82 Å². The Morgan fingerprint density at radius 3 is 2.75 bits per heavy atom. The van der Waals surface area contributed by atoms with Gasteiger partial charge in [-0.25, -0.2) is 4.98 Å². The number of hydrogen-bond acceptors (Lipinski definition) is 5. The zero-order valence-electron chi connectivity index (χ0n) is 16.0. The highest BCUT2D eigenvalue weighted by Crippen LogP contribution is 2.30. The Bertz CT molecular complexity index is 1190. The van der Waals surface area contributed by atoms with E-state index < -0.39 is 0 Å². The third-order valence-corrected chi connectivity index (χ3v) is 4.14. The average molecular weight is 371 g/mol. The van der Waals surface area contributed by atoms with Crippen molar-refractivity contribution in [2.45, 2.75) is 20.8 Å². The number of H-pyrrole nitrogens is 2. The molecule has 7 heteroatoms. The van der Waals surface area contributed by atoms with Crippen molar-refractivity contribution in [2.75, 3.05) is 11.1 Å². The first-order valence-electron chi connectivity index (χ1n) is 8.92. The van der Waals surface area contributed by atoms with Crippen LogP contribution in [0, 0.1) is 17.3 Å². The van der Waals surface area contributed by atoms with Gasteiger partial charge < -0.3 is 11.1 Å². The van der Waals surface area contributed by atoms with Gasteiger partial charge in [0.2, 0.25) is 0 Å². The molecule has 0 aliphatic rings. The van der Waals surface area contributed by atoms with Crippen LogP contribution in [0.4, 0.5) is 17.3 Å². The van der Waals surface area contributed by atoms with E-state index in [1.807, 2.05) is 18.2 Å². The standard InChI is InChI=1S/C21H21N7/c1-21(2,3)6-4-14-8-15(9-17-19(14)27-28-20(17)22)13-5-7-23-18(10-13)26-16-11-24-25-12-16/h5,7-12H,1-3H3,(H,23,26)(H,24,25)(H3,22,27,28). The lowest BCUT2D eigenvalue weighted by Crippen LogP contribution is -1.99. The van der Waals surface area contributed by atoms with E-state index in [4.69, 9.17) is 5.73 Å². The number of nitrogen functional groups attached to an aromatic ring is 1. The third-order valence-electron chi connectivity index (χ3n) is 4.14. The summed E-state index contributed by atoms with van der Waals surface area (Å²) in [6.07, 6.45) is 5.24. The van der Waals surface area contributed by atoms with Gasteiger partial charge in [0.1, 0.15) is 5.82 Å². The topological polar surface area (TPSA) is 108 Å². The predicted octanol–water partition coefficient (Wildman–Crippen LogP) is 4.07. The maximum absolute atomic E-state index is 6.07. The molecule has 0 bridgehead atoms. The highest BCUT2D eigenvalue weighted by molar-refractivity contribution is 5.96. The highest BCUT2D eigenvalue weighted by atomic mass is 15.2. The molecular weight excluding hydrogens is 350 g/mol. The second-order valence-corrected chi connectivity index (χ2v) is 7.60. The van der Waals surface area contributed by atoms with Crippen molar-refractivity contribution in [2.24, 2.45) is 5.41 Å². The van der Waals surface area contributed by atoms with Gasteiger partial charge in [-0.15, -0.1) is 0 Å². The molecule has 28 heavy (non-hydrogen) atoms. The number of rotatable bonds is 3. The van der Waals surface area contributed by atoms with Crippen molar-refractivity contribution in [3.8, 4) is 23.0 Å². The molecule has 140 valence electrons. The maximum Gasteiger partial charge on any atom is 0.153 e. The van der Waals surface area contributed by atoms with Crippen LogP contribution in [0.2, 0.25) is 0 Å². The van der Waals surface area contributed by atoms with Crippen molar-refractivity contribution in [1.29, 1.82) is 0 Å². The molecule has 0 atom stereocenters. The number of anilines is 3. The van der Waals surface area contributed by atoms with E-state index in [1.54, 1.807) is 18.6 Å². The fourth-order valence-corrected chi connectivity index (χ4v) is 2.81. The molecule has 0 spiro atoms. The fourth-order valence-electron chi connectivity index (χ4n) is 2.81. The van der Waals surface area contributed by atoms with E-state index in [2.05, 4.69) is 69.4 Å². The quantitative estimate of drug-likeness (QED) is 0.406. The van der Waals surface area contributed by atoms with Crippen LogP contribution in [0.3, 0.4) is 0 Å². The molecule has 5 N–H and O–H groups in total. The van der Waals surface area contributed by atoms with Crippen LogP contribution in [-0.2, 0) is 0 Å². The van der Waals surface area contributed by atoms with E-state index in [1.165, 1.54) is 0 Å². The van der Waals surface area contributed by atoms with Crippen molar-refractivity contribution in [1.82, 2.24) is 25.4 Å². The van der Waals surface area contributed by atoms with Crippen molar-refractivity contribution < 1.29 is 0 Å². The maximum atomic E-state index is 6.07. The van der Waals surface area contributed by atoms with Gasteiger partial charge in [0, 0.05) is 23.2 Å². The lowest BCUT2D eigenvalue weighted by molar-refractivity contribution is 0.571. The summed E-state index contributed by atoms with van der Waals surface area (Å²) in [5, 5.41) is 17.9. The number of nitrogens with two attached hydrogens (primary N) is 1. The molecule has 0 radical (unpaired) electrons. The molecule has 1 aromatic carbocycles. The Morgan fingerprint density at radius 1 is 1.14 bits per heavy atom. The van der Waals surface area contributed by atoms with Gasteiger partial charge in [-0.1, -0.05) is 11.8 Å². The monoisotopic (exact) mass is 371 g/mol. The molecule has 3 heterocycles. The Hall–Kier alpha value is -3.79. The molecular formula is C21H21N7. The molecule has 3 aromatic heterocycles. The average Bonchev–Trinajstić information content (AvgIpc) is 3.29. The zero-order chi connectivity index (χ0) is 19.7. The minimum absolute atomic E-state index is 0.105. The molecule has 4 aromatic rings. The van der Waals surface area contributed by atoms with E-state index in [0.717, 1.165) is 39.1 Å². The molecule has 0 unspecified atom stereocenters. The molecule has 0 saturated carbocycles. The minimum atomic E-state index is -0.105. The lowest BCUT2D eigenvalue weighted by Gasteiger charge is -2.09. The molecule has 0 fully saturated rings. The second kappa shape index (κ2) is 6.74. The van der Waals surface area contributed by atoms with Crippen molar-refractivity contribution in [3.05, 3.63) is 48.4 Å². The second-order valence-electron chi connectivity index (χ2n) is 7.60. The summed E-state index contributed by atoms with van der Waals surface area (Å²) >= 11 is 0. The lowest BCUT2D eigenvalue weighted by atomic mass is 9.96. The summed E-state index contributed by atoms with van der Waals surface area (Å²) in [6, 6.07) is 8.01. The third kappa shape index (κ3) is 3.67. The van der Waals surface area contributed by atoms with Crippen molar-refractivity contribution in [3.63, 3.8) is 0 Å². The van der Waals surface area contributed by atoms with Crippen LogP contribution in [0.15, 0.2) is 42.9 Å². The van der Waals surface area contributed by atoms with Gasteiger partial charge in [-0.05, 0) is 56.2 Å². The van der Waals surface area contributed by atoms with Gasteiger partial charge in [0.25, 0.3) is 0 Å². The Morgan fingerprint density at radius 2 is 2.00 bits per heavy atom. The smallest absolute Gasteiger partial charge is 0.153 e. The molecule has 4 rings (SSSR count). The van der Waals surface area contributed by atoms with Crippen LogP contribution >= 0.6 is 0 Å². The van der Waals surface area contributed by atoms with Crippen LogP contribution in [0.5, 0.6) is 0 Å². The van der Waals surface area contributed by atoms with Gasteiger partial charge in [-0.3, -0.25) is 10.2 Å². The van der Waals surface area contributed by atoms with Crippen LogP contribution in [0.25, 0.3) is 22.0 Å². The summed E-state index contributed by atoms with van der Waals surface area (Å²) in [7, 11) is 0. The number of nitrogens with one attached hydrogen (secondary N) is 3. The summed E-state index contributed by atoms with van der Waals surface area (Å²) in [5.74, 6) is 7.75. The number of nitrogens with zero attached hydrogens (tertiary/aromatic N) is 3. The number of aromatic amines is 2. The zero-order valence-corrected chi connectivity index (χ0v) is 16.0. The minimum Gasteiger partial charge on any atom is -0.382 e. The first kappa shape index (κ1) is 17.6. The Balaban J connectivity index is 1.80. The Labute approximate surface area is 162 Å².